The van der Waals surface area contributed by atoms with Crippen molar-refractivity contribution >= 4 is 11.6 Å². The van der Waals surface area contributed by atoms with Crippen molar-refractivity contribution in [3.63, 3.8) is 0 Å². The van der Waals surface area contributed by atoms with Gasteiger partial charge in [-0.05, 0) is 31.5 Å². The summed E-state index contributed by atoms with van der Waals surface area (Å²) in [6.07, 6.45) is 2.04. The number of phenolic OH excluding ortho intramolecular Hbond substituents is 1. The van der Waals surface area contributed by atoms with Crippen LogP contribution >= 0.6 is 0 Å². The Morgan fingerprint density at radius 1 is 1.47 bits per heavy atom. The van der Waals surface area contributed by atoms with E-state index in [1.54, 1.807) is 12.1 Å². The summed E-state index contributed by atoms with van der Waals surface area (Å²) in [7, 11) is 1.47. The molecule has 0 spiro atoms. The summed E-state index contributed by atoms with van der Waals surface area (Å²) in [6.45, 7) is 0.594. The largest absolute Gasteiger partial charge is 0.504 e. The number of carbonyl (C=O) groups is 1. The molecule has 0 heterocycles. The number of hydrogen-bond donors (Lipinski definition) is 3. The maximum Gasteiger partial charge on any atom is 0.224 e. The number of aromatic hydroxyl groups is 1. The molecule has 0 saturated carbocycles. The van der Waals surface area contributed by atoms with Gasteiger partial charge in [-0.2, -0.15) is 0 Å². The number of ether oxygens (including phenoxy) is 1. The van der Waals surface area contributed by atoms with Crippen molar-refractivity contribution in [3.8, 4) is 11.5 Å². The van der Waals surface area contributed by atoms with Crippen molar-refractivity contribution in [2.24, 2.45) is 5.73 Å². The van der Waals surface area contributed by atoms with Crippen LogP contribution in [-0.4, -0.2) is 24.7 Å². The molecular weight excluding hydrogens is 220 g/mol. The fraction of sp³-hybridized carbons (Fsp3) is 0.417. The standard InChI is InChI=1S/C12H18N2O3/c1-17-11-6-5-9(8-10(11)15)14-12(16)4-2-3-7-13/h5-6,8,15H,2-4,7,13H2,1H3,(H,14,16). The van der Waals surface area contributed by atoms with Gasteiger partial charge in [-0.1, -0.05) is 0 Å². The van der Waals surface area contributed by atoms with Crippen LogP contribution < -0.4 is 15.8 Å². The number of anilines is 1. The molecule has 4 N–H and O–H groups in total. The molecule has 0 unspecified atom stereocenters. The SMILES string of the molecule is COc1ccc(NC(=O)CCCCN)cc1O. The molecule has 1 aromatic carbocycles. The van der Waals surface area contributed by atoms with Gasteiger partial charge in [-0.15, -0.1) is 0 Å². The highest BCUT2D eigenvalue weighted by molar-refractivity contribution is 5.91. The zero-order valence-corrected chi connectivity index (χ0v) is 9.90. The Bertz CT molecular complexity index is 380. The van der Waals surface area contributed by atoms with E-state index in [0.29, 0.717) is 24.4 Å². The smallest absolute Gasteiger partial charge is 0.224 e. The van der Waals surface area contributed by atoms with Crippen LogP contribution in [0.4, 0.5) is 5.69 Å². The Morgan fingerprint density at radius 2 is 2.24 bits per heavy atom. The fourth-order valence-corrected chi connectivity index (χ4v) is 1.42. The molecule has 1 aromatic rings. The Kier molecular flexibility index (Phi) is 5.29. The van der Waals surface area contributed by atoms with Crippen LogP contribution in [-0.2, 0) is 4.79 Å². The Hall–Kier alpha value is -1.75. The molecule has 0 radical (unpaired) electrons. The summed E-state index contributed by atoms with van der Waals surface area (Å²) >= 11 is 0. The van der Waals surface area contributed by atoms with Crippen molar-refractivity contribution in [1.82, 2.24) is 0 Å². The van der Waals surface area contributed by atoms with E-state index in [9.17, 15) is 9.90 Å². The Morgan fingerprint density at radius 3 is 2.82 bits per heavy atom. The number of benzene rings is 1. The Labute approximate surface area is 101 Å². The van der Waals surface area contributed by atoms with Crippen molar-refractivity contribution < 1.29 is 14.6 Å². The van der Waals surface area contributed by atoms with Crippen molar-refractivity contribution in [2.75, 3.05) is 19.0 Å². The van der Waals surface area contributed by atoms with E-state index in [-0.39, 0.29) is 11.7 Å². The highest BCUT2D eigenvalue weighted by atomic mass is 16.5. The first kappa shape index (κ1) is 13.3. The van der Waals surface area contributed by atoms with Crippen LogP contribution in [0.1, 0.15) is 19.3 Å². The second-order valence-corrected chi connectivity index (χ2v) is 3.68. The minimum absolute atomic E-state index is 0.00672. The van der Waals surface area contributed by atoms with Gasteiger partial charge >= 0.3 is 0 Å². The average Bonchev–Trinajstić information content (AvgIpc) is 2.29. The molecule has 0 aliphatic rings. The van der Waals surface area contributed by atoms with E-state index in [1.165, 1.54) is 13.2 Å². The number of amides is 1. The molecule has 0 bridgehead atoms. The van der Waals surface area contributed by atoms with Gasteiger partial charge in [0.05, 0.1) is 7.11 Å². The lowest BCUT2D eigenvalue weighted by molar-refractivity contribution is -0.116. The monoisotopic (exact) mass is 238 g/mol. The van der Waals surface area contributed by atoms with E-state index >= 15 is 0 Å². The molecule has 94 valence electrons. The van der Waals surface area contributed by atoms with Crippen LogP contribution in [0.3, 0.4) is 0 Å². The lowest BCUT2D eigenvalue weighted by atomic mass is 10.2. The summed E-state index contributed by atoms with van der Waals surface area (Å²) < 4.78 is 4.91. The zero-order valence-electron chi connectivity index (χ0n) is 9.90. The lowest BCUT2D eigenvalue weighted by Crippen LogP contribution is -2.11. The number of carbonyl (C=O) groups excluding carboxylic acids is 1. The van der Waals surface area contributed by atoms with Crippen LogP contribution in [0, 0.1) is 0 Å². The zero-order chi connectivity index (χ0) is 12.7. The first-order valence-corrected chi connectivity index (χ1v) is 5.54. The maximum absolute atomic E-state index is 11.5. The van der Waals surface area contributed by atoms with Crippen LogP contribution in [0.25, 0.3) is 0 Å². The Balaban J connectivity index is 2.51. The predicted molar refractivity (Wildman–Crippen MR) is 66.2 cm³/mol. The molecule has 5 heteroatoms. The number of unbranched alkanes of at least 4 members (excludes halogenated alkanes) is 1. The lowest BCUT2D eigenvalue weighted by Gasteiger charge is -2.07. The van der Waals surface area contributed by atoms with Gasteiger partial charge in [0, 0.05) is 18.2 Å². The van der Waals surface area contributed by atoms with Gasteiger partial charge in [0.1, 0.15) is 0 Å². The van der Waals surface area contributed by atoms with Crippen molar-refractivity contribution in [1.29, 1.82) is 0 Å². The summed E-state index contributed by atoms with van der Waals surface area (Å²) in [6, 6.07) is 4.74. The quantitative estimate of drug-likeness (QED) is 0.655. The second-order valence-electron chi connectivity index (χ2n) is 3.68. The van der Waals surface area contributed by atoms with Gasteiger partial charge in [-0.25, -0.2) is 0 Å². The van der Waals surface area contributed by atoms with E-state index in [2.05, 4.69) is 5.32 Å². The number of phenols is 1. The van der Waals surface area contributed by atoms with E-state index in [0.717, 1.165) is 12.8 Å². The molecule has 0 aliphatic carbocycles. The molecule has 17 heavy (non-hydrogen) atoms. The van der Waals surface area contributed by atoms with Gasteiger partial charge < -0.3 is 20.9 Å². The first-order valence-electron chi connectivity index (χ1n) is 5.54. The molecule has 1 amide bonds. The van der Waals surface area contributed by atoms with E-state index in [1.807, 2.05) is 0 Å². The maximum atomic E-state index is 11.5. The molecular formula is C12H18N2O3. The molecule has 1 rings (SSSR count). The van der Waals surface area contributed by atoms with Crippen molar-refractivity contribution in [3.05, 3.63) is 18.2 Å². The molecule has 0 saturated heterocycles. The fourth-order valence-electron chi connectivity index (χ4n) is 1.42. The van der Waals surface area contributed by atoms with Gasteiger partial charge in [0.15, 0.2) is 11.5 Å². The summed E-state index contributed by atoms with van der Waals surface area (Å²) in [4.78, 5) is 11.5. The summed E-state index contributed by atoms with van der Waals surface area (Å²) in [5.74, 6) is 0.307. The third-order valence-corrected chi connectivity index (χ3v) is 2.32. The van der Waals surface area contributed by atoms with Gasteiger partial charge in [0.25, 0.3) is 0 Å². The van der Waals surface area contributed by atoms with Crippen LogP contribution in [0.15, 0.2) is 18.2 Å². The minimum Gasteiger partial charge on any atom is -0.504 e. The van der Waals surface area contributed by atoms with E-state index in [4.69, 9.17) is 10.5 Å². The normalized spacial score (nSPS) is 10.0. The van der Waals surface area contributed by atoms with Crippen LogP contribution in [0.2, 0.25) is 0 Å². The first-order chi connectivity index (χ1) is 8.17. The highest BCUT2D eigenvalue weighted by Crippen LogP contribution is 2.28. The number of hydrogen-bond acceptors (Lipinski definition) is 4. The summed E-state index contributed by atoms with van der Waals surface area (Å²) in [5.41, 5.74) is 5.90. The molecule has 0 atom stereocenters. The number of rotatable bonds is 6. The van der Waals surface area contributed by atoms with Gasteiger partial charge in [0.2, 0.25) is 5.91 Å². The number of nitrogens with two attached hydrogens (primary N) is 1. The van der Waals surface area contributed by atoms with Crippen molar-refractivity contribution in [2.45, 2.75) is 19.3 Å². The minimum atomic E-state index is -0.0805. The number of nitrogens with one attached hydrogen (secondary N) is 1. The molecule has 0 aliphatic heterocycles. The average molecular weight is 238 g/mol. The van der Waals surface area contributed by atoms with Crippen LogP contribution in [0.5, 0.6) is 11.5 Å². The highest BCUT2D eigenvalue weighted by Gasteiger charge is 2.05. The third kappa shape index (κ3) is 4.32. The topological polar surface area (TPSA) is 84.6 Å². The summed E-state index contributed by atoms with van der Waals surface area (Å²) in [5, 5.41) is 12.2. The predicted octanol–water partition coefficient (Wildman–Crippen LogP) is 1.47. The second kappa shape index (κ2) is 6.75. The van der Waals surface area contributed by atoms with Gasteiger partial charge in [-0.3, -0.25) is 4.79 Å². The third-order valence-electron chi connectivity index (χ3n) is 2.32. The number of methoxy groups -OCH3 is 1. The molecule has 5 nitrogen and oxygen atoms in total. The molecule has 0 aromatic heterocycles. The molecule has 0 fully saturated rings. The van der Waals surface area contributed by atoms with E-state index < -0.39 is 0 Å².